The second-order valence-corrected chi connectivity index (χ2v) is 14.2. The van der Waals surface area contributed by atoms with Crippen molar-refractivity contribution in [2.24, 2.45) is 0 Å². The van der Waals surface area contributed by atoms with Crippen LogP contribution in [-0.2, 0) is 4.79 Å². The van der Waals surface area contributed by atoms with Crippen LogP contribution in [0.25, 0.3) is 6.08 Å². The summed E-state index contributed by atoms with van der Waals surface area (Å²) in [5, 5.41) is 19.1. The van der Waals surface area contributed by atoms with E-state index >= 15 is 0 Å². The predicted octanol–water partition coefficient (Wildman–Crippen LogP) is 14.0. The molecule has 6 heteroatoms. The summed E-state index contributed by atoms with van der Waals surface area (Å²) < 4.78 is 0. The molecule has 6 nitrogen and oxygen atoms in total. The van der Waals surface area contributed by atoms with Gasteiger partial charge in [0.05, 0.1) is 5.70 Å². The Morgan fingerprint density at radius 3 is 1.18 bits per heavy atom. The van der Waals surface area contributed by atoms with Crippen LogP contribution in [0.5, 0.6) is 0 Å². The van der Waals surface area contributed by atoms with E-state index < -0.39 is 5.97 Å². The summed E-state index contributed by atoms with van der Waals surface area (Å²) in [7, 11) is 0. The zero-order valence-electron chi connectivity index (χ0n) is 32.9. The van der Waals surface area contributed by atoms with Gasteiger partial charge in [-0.2, -0.15) is 5.26 Å². The standard InChI is InChI=1S/C54H42N4O2/c55-40-44(54(59)60)33-32-43-31-30-42(53(43)58(48-22-12-4-13-23-48)49-24-14-5-15-25-49)29-26-41-27-34-50(35-28-41)57(47-20-10-3-11-21-47)52-38-36-51(37-39-52)56(45-16-6-1-7-17-45)46-18-8-2-9-19-46/h1-29,32-39H,30-31H2,(H,59,60). The van der Waals surface area contributed by atoms with E-state index in [9.17, 15) is 15.2 Å². The summed E-state index contributed by atoms with van der Waals surface area (Å²) in [5.74, 6) is -1.25. The molecule has 0 aliphatic heterocycles. The molecule has 0 saturated carbocycles. The lowest BCUT2D eigenvalue weighted by Gasteiger charge is -2.28. The maximum Gasteiger partial charge on any atom is 0.346 e. The number of nitrogens with zero attached hydrogens (tertiary/aromatic N) is 4. The molecular formula is C54H42N4O2. The molecule has 60 heavy (non-hydrogen) atoms. The van der Waals surface area contributed by atoms with Gasteiger partial charge in [0.2, 0.25) is 0 Å². The number of benzene rings is 7. The summed E-state index contributed by atoms with van der Waals surface area (Å²) in [5.41, 5.74) is 12.1. The fourth-order valence-electron chi connectivity index (χ4n) is 7.53. The highest BCUT2D eigenvalue weighted by Crippen LogP contribution is 2.43. The zero-order valence-corrected chi connectivity index (χ0v) is 32.9. The fraction of sp³-hybridized carbons (Fsp3) is 0.0370. The highest BCUT2D eigenvalue weighted by atomic mass is 16.4. The summed E-state index contributed by atoms with van der Waals surface area (Å²) in [6.45, 7) is 0. The minimum absolute atomic E-state index is 0.307. The van der Waals surface area contributed by atoms with Crippen molar-refractivity contribution in [2.75, 3.05) is 14.7 Å². The van der Waals surface area contributed by atoms with Gasteiger partial charge in [0.1, 0.15) is 11.6 Å². The van der Waals surface area contributed by atoms with Gasteiger partial charge in [-0.1, -0.05) is 121 Å². The highest BCUT2D eigenvalue weighted by Gasteiger charge is 2.26. The number of para-hydroxylation sites is 5. The zero-order chi connectivity index (χ0) is 41.1. The second kappa shape index (κ2) is 18.4. The molecule has 1 aliphatic rings. The molecule has 1 N–H and O–H groups in total. The molecule has 7 aromatic carbocycles. The van der Waals surface area contributed by atoms with E-state index in [1.54, 1.807) is 6.08 Å². The summed E-state index contributed by atoms with van der Waals surface area (Å²) >= 11 is 0. The van der Waals surface area contributed by atoms with Crippen LogP contribution in [0.4, 0.5) is 45.5 Å². The first kappa shape index (κ1) is 38.7. The molecule has 0 amide bonds. The van der Waals surface area contributed by atoms with Crippen LogP contribution < -0.4 is 14.7 Å². The largest absolute Gasteiger partial charge is 0.477 e. The van der Waals surface area contributed by atoms with Crippen LogP contribution in [0, 0.1) is 11.3 Å². The maximum atomic E-state index is 11.7. The number of allylic oxidation sites excluding steroid dienone is 5. The first-order valence-corrected chi connectivity index (χ1v) is 19.9. The fourth-order valence-corrected chi connectivity index (χ4v) is 7.53. The maximum absolute atomic E-state index is 11.7. The monoisotopic (exact) mass is 778 g/mol. The Kier molecular flexibility index (Phi) is 11.9. The van der Waals surface area contributed by atoms with Crippen molar-refractivity contribution in [2.45, 2.75) is 12.8 Å². The van der Waals surface area contributed by atoms with Crippen LogP contribution >= 0.6 is 0 Å². The number of anilines is 8. The second-order valence-electron chi connectivity index (χ2n) is 14.2. The topological polar surface area (TPSA) is 70.8 Å². The van der Waals surface area contributed by atoms with Crippen molar-refractivity contribution >= 4 is 57.5 Å². The molecule has 0 fully saturated rings. The van der Waals surface area contributed by atoms with Crippen molar-refractivity contribution in [3.63, 3.8) is 0 Å². The smallest absolute Gasteiger partial charge is 0.346 e. The molecule has 0 aromatic heterocycles. The highest BCUT2D eigenvalue weighted by molar-refractivity contribution is 5.91. The van der Waals surface area contributed by atoms with E-state index in [1.807, 2.05) is 60.7 Å². The molecule has 1 aliphatic carbocycles. The molecule has 0 bridgehead atoms. The third-order valence-electron chi connectivity index (χ3n) is 10.4. The predicted molar refractivity (Wildman–Crippen MR) is 246 cm³/mol. The lowest BCUT2D eigenvalue weighted by molar-refractivity contribution is -0.132. The molecule has 290 valence electrons. The molecule has 0 radical (unpaired) electrons. The quantitative estimate of drug-likeness (QED) is 0.0928. The molecule has 0 spiro atoms. The van der Waals surface area contributed by atoms with Gasteiger partial charge < -0.3 is 19.8 Å². The Hall–Kier alpha value is -8.14. The first-order valence-electron chi connectivity index (χ1n) is 19.9. The van der Waals surface area contributed by atoms with Gasteiger partial charge in [0.15, 0.2) is 0 Å². The number of aliphatic carboxylic acids is 1. The van der Waals surface area contributed by atoms with Crippen molar-refractivity contribution in [3.8, 4) is 6.07 Å². The Morgan fingerprint density at radius 2 is 0.817 bits per heavy atom. The number of hydrogen-bond donors (Lipinski definition) is 1. The van der Waals surface area contributed by atoms with Gasteiger partial charge in [-0.25, -0.2) is 4.79 Å². The lowest BCUT2D eigenvalue weighted by Crippen LogP contribution is -2.17. The van der Waals surface area contributed by atoms with Crippen molar-refractivity contribution < 1.29 is 9.90 Å². The van der Waals surface area contributed by atoms with Gasteiger partial charge in [-0.15, -0.1) is 0 Å². The van der Waals surface area contributed by atoms with Gasteiger partial charge in [-0.05, 0) is 133 Å². The van der Waals surface area contributed by atoms with E-state index in [-0.39, 0.29) is 5.57 Å². The molecule has 0 unspecified atom stereocenters. The molecule has 7 aromatic rings. The van der Waals surface area contributed by atoms with Crippen LogP contribution in [0.15, 0.2) is 241 Å². The lowest BCUT2D eigenvalue weighted by atomic mass is 10.1. The average Bonchev–Trinajstić information content (AvgIpc) is 3.70. The Balaban J connectivity index is 1.14. The molecule has 0 saturated heterocycles. The van der Waals surface area contributed by atoms with E-state index in [0.717, 1.165) is 74.3 Å². The minimum Gasteiger partial charge on any atom is -0.477 e. The van der Waals surface area contributed by atoms with Gasteiger partial charge in [0.25, 0.3) is 0 Å². The molecule has 8 rings (SSSR count). The third kappa shape index (κ3) is 8.72. The van der Waals surface area contributed by atoms with E-state index in [1.165, 1.54) is 6.08 Å². The van der Waals surface area contributed by atoms with Crippen molar-refractivity contribution in [3.05, 3.63) is 246 Å². The Labute approximate surface area is 351 Å². The average molecular weight is 779 g/mol. The van der Waals surface area contributed by atoms with E-state index in [4.69, 9.17) is 0 Å². The number of carboxylic acids is 1. The minimum atomic E-state index is -1.25. The third-order valence-corrected chi connectivity index (χ3v) is 10.4. The van der Waals surface area contributed by atoms with E-state index in [0.29, 0.717) is 6.42 Å². The van der Waals surface area contributed by atoms with Gasteiger partial charge >= 0.3 is 5.97 Å². The van der Waals surface area contributed by atoms with Gasteiger partial charge in [-0.3, -0.25) is 0 Å². The molecular weight excluding hydrogens is 737 g/mol. The number of carboxylic acid groups (broad SMARTS) is 1. The summed E-state index contributed by atoms with van der Waals surface area (Å²) in [6.07, 6.45) is 8.92. The number of rotatable bonds is 13. The molecule has 0 atom stereocenters. The van der Waals surface area contributed by atoms with Crippen LogP contribution in [0.3, 0.4) is 0 Å². The van der Waals surface area contributed by atoms with Gasteiger partial charge in [0, 0.05) is 45.5 Å². The Morgan fingerprint density at radius 1 is 0.467 bits per heavy atom. The van der Waals surface area contributed by atoms with Crippen molar-refractivity contribution in [1.82, 2.24) is 0 Å². The van der Waals surface area contributed by atoms with Crippen molar-refractivity contribution in [1.29, 1.82) is 5.26 Å². The normalized spacial score (nSPS) is 13.3. The van der Waals surface area contributed by atoms with Crippen LogP contribution in [0.1, 0.15) is 18.4 Å². The molecule has 0 heterocycles. The van der Waals surface area contributed by atoms with Crippen LogP contribution in [-0.4, -0.2) is 11.1 Å². The first-order chi connectivity index (χ1) is 29.6. The number of nitriles is 1. The number of hydrogen-bond acceptors (Lipinski definition) is 5. The SMILES string of the molecule is N#CC(=CC=C1CCC(C=Cc2ccc(N(c3ccccc3)c3ccc(N(c4ccccc4)c4ccccc4)cc3)cc2)=C1N(c1ccccc1)c1ccccc1)C(=O)O. The summed E-state index contributed by atoms with van der Waals surface area (Å²) in [6, 6.07) is 70.6. The Bertz CT molecular complexity index is 2620. The summed E-state index contributed by atoms with van der Waals surface area (Å²) in [4.78, 5) is 18.5. The van der Waals surface area contributed by atoms with E-state index in [2.05, 4.69) is 172 Å². The van der Waals surface area contributed by atoms with Crippen LogP contribution in [0.2, 0.25) is 0 Å². The number of carbonyl (C=O) groups is 1.